The number of fused-ring (bicyclic) bond motifs is 1. The normalized spacial score (nSPS) is 13.4. The molecule has 2 atom stereocenters. The van der Waals surface area contributed by atoms with E-state index in [0.29, 0.717) is 12.3 Å². The molecule has 0 aliphatic heterocycles. The Balaban J connectivity index is 0.00000155. The lowest BCUT2D eigenvalue weighted by Gasteiger charge is -2.19. The molecule has 2 aromatic rings. The Morgan fingerprint density at radius 1 is 1.18 bits per heavy atom. The van der Waals surface area contributed by atoms with Crippen molar-refractivity contribution in [2.75, 3.05) is 0 Å². The van der Waals surface area contributed by atoms with Crippen LogP contribution in [0.25, 0.3) is 10.9 Å². The van der Waals surface area contributed by atoms with Crippen LogP contribution in [-0.4, -0.2) is 16.8 Å². The molecule has 2 rings (SSSR count). The van der Waals surface area contributed by atoms with Crippen LogP contribution in [0.5, 0.6) is 0 Å². The van der Waals surface area contributed by atoms with Gasteiger partial charge >= 0.3 is 0 Å². The highest BCUT2D eigenvalue weighted by molar-refractivity contribution is 5.88. The third-order valence-corrected chi connectivity index (χ3v) is 3.99. The van der Waals surface area contributed by atoms with E-state index in [9.17, 15) is 4.79 Å². The molecule has 1 aromatic carbocycles. The molecule has 3 heteroatoms. The first-order valence-electron chi connectivity index (χ1n) is 8.12. The molecule has 0 radical (unpaired) electrons. The number of carbonyl (C=O) groups is 1. The molecule has 0 amide bonds. The second-order valence-corrected chi connectivity index (χ2v) is 5.73. The van der Waals surface area contributed by atoms with E-state index in [4.69, 9.17) is 5.73 Å². The van der Waals surface area contributed by atoms with Gasteiger partial charge in [-0.2, -0.15) is 0 Å². The van der Waals surface area contributed by atoms with Gasteiger partial charge in [0.05, 0.1) is 11.6 Å². The molecule has 0 aliphatic carbocycles. The molecular weight excluding hydrogens is 272 g/mol. The number of Topliss-reactive ketones (excluding diaryl/α,β-unsaturated/α-hetero) is 1. The summed E-state index contributed by atoms with van der Waals surface area (Å²) in [5.74, 6) is 0.460. The van der Waals surface area contributed by atoms with E-state index in [0.717, 1.165) is 16.5 Å². The predicted octanol–water partition coefficient (Wildman–Crippen LogP) is 4.24. The zero-order chi connectivity index (χ0) is 16.7. The summed E-state index contributed by atoms with van der Waals surface area (Å²) in [6.45, 7) is 10.1. The lowest BCUT2D eigenvalue weighted by Crippen LogP contribution is -2.38. The Labute approximate surface area is 135 Å². The number of benzene rings is 1. The van der Waals surface area contributed by atoms with Gasteiger partial charge in [0.1, 0.15) is 0 Å². The summed E-state index contributed by atoms with van der Waals surface area (Å²) in [5.41, 5.74) is 8.15. The van der Waals surface area contributed by atoms with Crippen molar-refractivity contribution >= 4 is 16.7 Å². The van der Waals surface area contributed by atoms with Gasteiger partial charge in [0.2, 0.25) is 0 Å². The smallest absolute Gasteiger partial charge is 0.152 e. The van der Waals surface area contributed by atoms with E-state index >= 15 is 0 Å². The van der Waals surface area contributed by atoms with Crippen LogP contribution in [0.15, 0.2) is 36.5 Å². The third kappa shape index (κ3) is 4.38. The predicted molar refractivity (Wildman–Crippen MR) is 95.9 cm³/mol. The minimum Gasteiger partial charge on any atom is -0.321 e. The van der Waals surface area contributed by atoms with Gasteiger partial charge < -0.3 is 5.73 Å². The van der Waals surface area contributed by atoms with Crippen molar-refractivity contribution in [3.05, 3.63) is 42.1 Å². The number of carbonyl (C=O) groups excluding carboxylic acids is 1. The molecule has 0 saturated carbocycles. The molecule has 122 valence electrons. The van der Waals surface area contributed by atoms with Crippen LogP contribution in [0.3, 0.4) is 0 Å². The maximum atomic E-state index is 12.3. The summed E-state index contributed by atoms with van der Waals surface area (Å²) in [5, 5.41) is 1.08. The van der Waals surface area contributed by atoms with Gasteiger partial charge in [-0.3, -0.25) is 9.78 Å². The second kappa shape index (κ2) is 8.64. The van der Waals surface area contributed by atoms with Crippen LogP contribution < -0.4 is 5.73 Å². The average Bonchev–Trinajstić information content (AvgIpc) is 2.55. The molecule has 3 nitrogen and oxygen atoms in total. The lowest BCUT2D eigenvalue weighted by molar-refractivity contribution is -0.124. The second-order valence-electron chi connectivity index (χ2n) is 5.73. The Hall–Kier alpha value is -1.74. The van der Waals surface area contributed by atoms with Crippen molar-refractivity contribution in [3.8, 4) is 0 Å². The van der Waals surface area contributed by atoms with Gasteiger partial charge in [0, 0.05) is 18.9 Å². The van der Waals surface area contributed by atoms with Crippen molar-refractivity contribution < 1.29 is 6.22 Å². The summed E-state index contributed by atoms with van der Waals surface area (Å²) >= 11 is 0. The fraction of sp³-hybridized carbons (Fsp3) is 0.474. The van der Waals surface area contributed by atoms with Crippen molar-refractivity contribution in [2.24, 2.45) is 17.6 Å². The number of ketones is 1. The van der Waals surface area contributed by atoms with E-state index in [1.807, 2.05) is 51.1 Å². The van der Waals surface area contributed by atoms with E-state index in [2.05, 4.69) is 18.8 Å². The van der Waals surface area contributed by atoms with Crippen LogP contribution in [0.2, 0.25) is 0 Å². The van der Waals surface area contributed by atoms with Gasteiger partial charge in [0.15, 0.2) is 5.78 Å². The molecule has 0 fully saturated rings. The largest absolute Gasteiger partial charge is 0.321 e. The van der Waals surface area contributed by atoms with Crippen molar-refractivity contribution in [1.82, 2.24) is 4.98 Å². The average molecular weight is 302 g/mol. The fourth-order valence-electron chi connectivity index (χ4n) is 2.35. The third-order valence-electron chi connectivity index (χ3n) is 3.99. The topological polar surface area (TPSA) is 56.0 Å². The Bertz CT molecular complexity index is 608. The van der Waals surface area contributed by atoms with E-state index < -0.39 is 6.04 Å². The highest BCUT2D eigenvalue weighted by atomic mass is 16.1. The summed E-state index contributed by atoms with van der Waals surface area (Å²) in [6.07, 6.45) is 2.34. The molecule has 1 aromatic heterocycles. The summed E-state index contributed by atoms with van der Waals surface area (Å²) in [7, 11) is 0. The van der Waals surface area contributed by atoms with Crippen molar-refractivity contribution in [1.29, 1.82) is 0 Å². The first-order chi connectivity index (χ1) is 10.5. The molecule has 1 heterocycles. The number of hydrogen-bond acceptors (Lipinski definition) is 3. The maximum absolute atomic E-state index is 12.3. The zero-order valence-electron chi connectivity index (χ0n) is 14.3. The van der Waals surface area contributed by atoms with Crippen LogP contribution in [-0.2, 0) is 11.2 Å². The maximum Gasteiger partial charge on any atom is 0.152 e. The minimum absolute atomic E-state index is 0. The first kappa shape index (κ1) is 18.3. The Kier molecular flexibility index (Phi) is 7.19. The Morgan fingerprint density at radius 2 is 1.86 bits per heavy atom. The Morgan fingerprint density at radius 3 is 2.50 bits per heavy atom. The van der Waals surface area contributed by atoms with Crippen LogP contribution in [0.4, 0.5) is 0 Å². The number of rotatable bonds is 5. The number of nitrogens with two attached hydrogens (primary N) is 1. The molecule has 2 N–H and O–H groups in total. The minimum atomic E-state index is -0.446. The molecule has 0 bridgehead atoms. The number of pyridine rings is 1. The number of hydrogen-bond donors (Lipinski definition) is 1. The van der Waals surface area contributed by atoms with E-state index in [-0.39, 0.29) is 13.1 Å². The summed E-state index contributed by atoms with van der Waals surface area (Å²) in [6, 6.07) is 9.46. The highest BCUT2D eigenvalue weighted by Crippen LogP contribution is 2.19. The lowest BCUT2D eigenvalue weighted by atomic mass is 9.87. The molecule has 0 saturated heterocycles. The fourth-order valence-corrected chi connectivity index (χ4v) is 2.35. The van der Waals surface area contributed by atoms with Crippen LogP contribution in [0, 0.1) is 11.8 Å². The molecular formula is C19H30N2O. The molecule has 1 unspecified atom stereocenters. The SMILES string of the molecule is CC.CC(C)C(C)C(=O)[C@@H](N)Cc1cccc2ncccc12.[HH]. The molecule has 0 spiro atoms. The van der Waals surface area contributed by atoms with E-state index in [1.165, 1.54) is 0 Å². The molecule has 0 aliphatic rings. The van der Waals surface area contributed by atoms with Crippen LogP contribution >= 0.6 is 0 Å². The quantitative estimate of drug-likeness (QED) is 0.898. The molecule has 22 heavy (non-hydrogen) atoms. The van der Waals surface area contributed by atoms with Gasteiger partial charge in [-0.15, -0.1) is 0 Å². The van der Waals surface area contributed by atoms with Crippen molar-refractivity contribution in [2.45, 2.75) is 47.1 Å². The van der Waals surface area contributed by atoms with Crippen molar-refractivity contribution in [3.63, 3.8) is 0 Å². The highest BCUT2D eigenvalue weighted by Gasteiger charge is 2.23. The van der Waals surface area contributed by atoms with Crippen LogP contribution in [0.1, 0.15) is 41.6 Å². The van der Waals surface area contributed by atoms with E-state index in [1.54, 1.807) is 6.20 Å². The standard InChI is InChI=1S/C17H22N2O.C2H6.H2/c1-11(2)12(3)17(20)15(18)10-13-6-4-8-16-14(13)7-5-9-19-16;1-2;/h4-9,11-12,15H,10,18H2,1-3H3;1-2H3;1H/t12?,15-;;/m0../s1. The number of nitrogens with zero attached hydrogens (tertiary/aromatic N) is 1. The summed E-state index contributed by atoms with van der Waals surface area (Å²) in [4.78, 5) is 16.6. The van der Waals surface area contributed by atoms with Gasteiger partial charge in [-0.05, 0) is 30.0 Å². The van der Waals surface area contributed by atoms with Gasteiger partial charge in [0.25, 0.3) is 0 Å². The monoisotopic (exact) mass is 302 g/mol. The first-order valence-corrected chi connectivity index (χ1v) is 8.12. The zero-order valence-corrected chi connectivity index (χ0v) is 14.3. The van der Waals surface area contributed by atoms with Gasteiger partial charge in [-0.1, -0.05) is 52.8 Å². The summed E-state index contributed by atoms with van der Waals surface area (Å²) < 4.78 is 0. The number of aromatic nitrogens is 1. The van der Waals surface area contributed by atoms with Gasteiger partial charge in [-0.25, -0.2) is 0 Å².